The molecule has 146 valence electrons. The normalized spacial score (nSPS) is 12.4. The van der Waals surface area contributed by atoms with Crippen LogP contribution in [0, 0.1) is 17.6 Å². The quantitative estimate of drug-likeness (QED) is 0.645. The summed E-state index contributed by atoms with van der Waals surface area (Å²) >= 11 is 0. The summed E-state index contributed by atoms with van der Waals surface area (Å²) in [5.41, 5.74) is 1.95. The van der Waals surface area contributed by atoms with Crippen LogP contribution in [0.15, 0.2) is 48.5 Å². The number of nitrogens with one attached hydrogen (secondary N) is 2. The number of rotatable bonds is 9. The van der Waals surface area contributed by atoms with E-state index in [-0.39, 0.29) is 35.4 Å². The maximum absolute atomic E-state index is 13.3. The van der Waals surface area contributed by atoms with Gasteiger partial charge >= 0.3 is 0 Å². The van der Waals surface area contributed by atoms with E-state index in [0.29, 0.717) is 6.54 Å². The van der Waals surface area contributed by atoms with Gasteiger partial charge in [0.1, 0.15) is 11.6 Å². The second-order valence-electron chi connectivity index (χ2n) is 7.10. The van der Waals surface area contributed by atoms with Crippen molar-refractivity contribution in [2.75, 3.05) is 13.6 Å². The Labute approximate surface area is 160 Å². The van der Waals surface area contributed by atoms with E-state index in [1.165, 1.54) is 24.3 Å². The molecule has 3 nitrogen and oxygen atoms in total. The Morgan fingerprint density at radius 3 is 1.81 bits per heavy atom. The molecule has 0 saturated heterocycles. The lowest BCUT2D eigenvalue weighted by Crippen LogP contribution is -2.46. The molecule has 2 N–H and O–H groups in total. The summed E-state index contributed by atoms with van der Waals surface area (Å²) in [4.78, 5) is 12.2. The van der Waals surface area contributed by atoms with Gasteiger partial charge < -0.3 is 10.6 Å². The lowest BCUT2D eigenvalue weighted by atomic mass is 9.87. The second kappa shape index (κ2) is 10.2. The number of carbonyl (C=O) groups is 1. The van der Waals surface area contributed by atoms with Crippen molar-refractivity contribution >= 4 is 5.91 Å². The highest BCUT2D eigenvalue weighted by atomic mass is 19.1. The molecule has 0 aliphatic carbocycles. The van der Waals surface area contributed by atoms with Crippen LogP contribution in [0.25, 0.3) is 0 Å². The number of carbonyl (C=O) groups excluding carboxylic acids is 1. The van der Waals surface area contributed by atoms with Crippen molar-refractivity contribution in [2.45, 2.75) is 38.6 Å². The molecule has 2 aromatic carbocycles. The third kappa shape index (κ3) is 6.14. The first-order valence-corrected chi connectivity index (χ1v) is 9.38. The van der Waals surface area contributed by atoms with E-state index in [0.717, 1.165) is 24.0 Å². The predicted molar refractivity (Wildman–Crippen MR) is 105 cm³/mol. The fraction of sp³-hybridized carbons (Fsp3) is 0.409. The van der Waals surface area contributed by atoms with E-state index in [1.54, 1.807) is 31.3 Å². The monoisotopic (exact) mass is 374 g/mol. The minimum atomic E-state index is -0.282. The van der Waals surface area contributed by atoms with E-state index in [2.05, 4.69) is 10.6 Å². The summed E-state index contributed by atoms with van der Waals surface area (Å²) in [5, 5.41) is 6.00. The highest BCUT2D eigenvalue weighted by Crippen LogP contribution is 2.29. The number of hydrogen-bond donors (Lipinski definition) is 2. The molecule has 0 bridgehead atoms. The Bertz CT molecular complexity index is 669. The number of hydrogen-bond acceptors (Lipinski definition) is 2. The van der Waals surface area contributed by atoms with Gasteiger partial charge in [-0.2, -0.15) is 0 Å². The van der Waals surface area contributed by atoms with Gasteiger partial charge in [-0.1, -0.05) is 38.1 Å². The molecule has 0 heterocycles. The maximum Gasteiger partial charge on any atom is 0.237 e. The Balaban J connectivity index is 2.01. The first kappa shape index (κ1) is 21.0. The summed E-state index contributed by atoms with van der Waals surface area (Å²) < 4.78 is 26.5. The van der Waals surface area contributed by atoms with Crippen molar-refractivity contribution in [1.82, 2.24) is 10.6 Å². The van der Waals surface area contributed by atoms with Crippen LogP contribution in [0.5, 0.6) is 0 Å². The third-order valence-electron chi connectivity index (χ3n) is 4.77. The molecule has 0 unspecified atom stereocenters. The number of amides is 1. The molecule has 1 atom stereocenters. The van der Waals surface area contributed by atoms with Gasteiger partial charge in [0.2, 0.25) is 5.91 Å². The summed E-state index contributed by atoms with van der Waals surface area (Å²) in [6.07, 6.45) is 1.53. The molecule has 2 rings (SSSR count). The molecular formula is C22H28F2N2O. The Kier molecular flexibility index (Phi) is 7.92. The van der Waals surface area contributed by atoms with Gasteiger partial charge in [-0.25, -0.2) is 8.78 Å². The van der Waals surface area contributed by atoms with E-state index in [4.69, 9.17) is 0 Å². The molecule has 27 heavy (non-hydrogen) atoms. The summed E-state index contributed by atoms with van der Waals surface area (Å²) in [6.45, 7) is 4.56. The van der Waals surface area contributed by atoms with E-state index >= 15 is 0 Å². The van der Waals surface area contributed by atoms with Crippen molar-refractivity contribution < 1.29 is 13.6 Å². The molecule has 2 aromatic rings. The van der Waals surface area contributed by atoms with Crippen molar-refractivity contribution in [1.29, 1.82) is 0 Å². The average molecular weight is 374 g/mol. The van der Waals surface area contributed by atoms with E-state index in [1.807, 2.05) is 13.8 Å². The summed E-state index contributed by atoms with van der Waals surface area (Å²) in [6, 6.07) is 12.6. The Morgan fingerprint density at radius 1 is 0.926 bits per heavy atom. The molecule has 0 aromatic heterocycles. The van der Waals surface area contributed by atoms with Gasteiger partial charge in [0.25, 0.3) is 0 Å². The molecule has 1 amide bonds. The van der Waals surface area contributed by atoms with Crippen LogP contribution >= 0.6 is 0 Å². The maximum atomic E-state index is 13.3. The standard InChI is InChI=1S/C22H28F2N2O/c1-15(2)21(25-3)22(27)26-14-4-5-20(16-6-10-18(23)11-7-16)17-8-12-19(24)13-9-17/h6-13,15,20-21,25H,4-5,14H2,1-3H3,(H,26,27)/t21-/m0/s1. The second-order valence-corrected chi connectivity index (χ2v) is 7.10. The zero-order valence-corrected chi connectivity index (χ0v) is 16.1. The van der Waals surface area contributed by atoms with Crippen molar-refractivity contribution in [3.05, 3.63) is 71.3 Å². The zero-order valence-electron chi connectivity index (χ0n) is 16.1. The van der Waals surface area contributed by atoms with Gasteiger partial charge in [-0.15, -0.1) is 0 Å². The zero-order chi connectivity index (χ0) is 19.8. The first-order chi connectivity index (χ1) is 12.9. The van der Waals surface area contributed by atoms with Gasteiger partial charge in [0.15, 0.2) is 0 Å². The molecule has 0 spiro atoms. The van der Waals surface area contributed by atoms with Gasteiger partial charge in [-0.3, -0.25) is 4.79 Å². The molecular weight excluding hydrogens is 346 g/mol. The SMILES string of the molecule is CN[C@H](C(=O)NCCCC(c1ccc(F)cc1)c1ccc(F)cc1)C(C)C. The predicted octanol–water partition coefficient (Wildman–Crippen LogP) is 4.24. The fourth-order valence-corrected chi connectivity index (χ4v) is 3.31. The minimum Gasteiger partial charge on any atom is -0.355 e. The van der Waals surface area contributed by atoms with Gasteiger partial charge in [0.05, 0.1) is 6.04 Å². The topological polar surface area (TPSA) is 41.1 Å². The number of likely N-dealkylation sites (N-methyl/N-ethyl adjacent to an activating group) is 1. The highest BCUT2D eigenvalue weighted by Gasteiger charge is 2.20. The van der Waals surface area contributed by atoms with E-state index < -0.39 is 0 Å². The Morgan fingerprint density at radius 2 is 1.41 bits per heavy atom. The minimum absolute atomic E-state index is 0.00684. The summed E-state index contributed by atoms with van der Waals surface area (Å²) in [5.74, 6) is -0.339. The molecule has 0 fully saturated rings. The van der Waals surface area contributed by atoms with Crippen LogP contribution < -0.4 is 10.6 Å². The van der Waals surface area contributed by atoms with Crippen LogP contribution in [0.1, 0.15) is 43.7 Å². The molecule has 0 aliphatic heterocycles. The van der Waals surface area contributed by atoms with E-state index in [9.17, 15) is 13.6 Å². The van der Waals surface area contributed by atoms with Crippen molar-refractivity contribution in [3.8, 4) is 0 Å². The lowest BCUT2D eigenvalue weighted by Gasteiger charge is -2.21. The van der Waals surface area contributed by atoms with Crippen LogP contribution in [-0.2, 0) is 4.79 Å². The number of benzene rings is 2. The lowest BCUT2D eigenvalue weighted by molar-refractivity contribution is -0.124. The first-order valence-electron chi connectivity index (χ1n) is 9.38. The molecule has 0 radical (unpaired) electrons. The third-order valence-corrected chi connectivity index (χ3v) is 4.77. The highest BCUT2D eigenvalue weighted by molar-refractivity contribution is 5.81. The van der Waals surface area contributed by atoms with Crippen LogP contribution in [0.3, 0.4) is 0 Å². The van der Waals surface area contributed by atoms with Crippen LogP contribution in [-0.4, -0.2) is 25.5 Å². The number of halogens is 2. The molecule has 0 aliphatic rings. The average Bonchev–Trinajstić information content (AvgIpc) is 2.64. The van der Waals surface area contributed by atoms with Crippen molar-refractivity contribution in [2.24, 2.45) is 5.92 Å². The molecule has 5 heteroatoms. The van der Waals surface area contributed by atoms with Crippen molar-refractivity contribution in [3.63, 3.8) is 0 Å². The Hall–Kier alpha value is -2.27. The van der Waals surface area contributed by atoms with Crippen LogP contribution in [0.4, 0.5) is 8.78 Å². The van der Waals surface area contributed by atoms with Gasteiger partial charge in [0, 0.05) is 12.5 Å². The van der Waals surface area contributed by atoms with Gasteiger partial charge in [-0.05, 0) is 61.2 Å². The summed E-state index contributed by atoms with van der Waals surface area (Å²) in [7, 11) is 1.78. The smallest absolute Gasteiger partial charge is 0.237 e. The fourth-order valence-electron chi connectivity index (χ4n) is 3.31. The largest absolute Gasteiger partial charge is 0.355 e. The van der Waals surface area contributed by atoms with Crippen LogP contribution in [0.2, 0.25) is 0 Å². The molecule has 0 saturated carbocycles.